The molecule has 1 aromatic heterocycles. The third-order valence-electron chi connectivity index (χ3n) is 3.55. The van der Waals surface area contributed by atoms with Crippen LogP contribution in [-0.4, -0.2) is 34.8 Å². The van der Waals surface area contributed by atoms with Gasteiger partial charge in [0.25, 0.3) is 0 Å². The minimum Gasteiger partial charge on any atom is -0.384 e. The molecule has 1 heterocycles. The number of anilines is 1. The van der Waals surface area contributed by atoms with Crippen LogP contribution in [0.2, 0.25) is 5.02 Å². The molecule has 0 spiro atoms. The summed E-state index contributed by atoms with van der Waals surface area (Å²) in [4.78, 5) is 10.6. The molecule has 5 heteroatoms. The number of rotatable bonds is 2. The number of halogens is 1. The van der Waals surface area contributed by atoms with Crippen molar-refractivity contribution in [3.8, 4) is 11.8 Å². The van der Waals surface area contributed by atoms with E-state index < -0.39 is 0 Å². The Balaban J connectivity index is 1.92. The van der Waals surface area contributed by atoms with E-state index in [1.165, 1.54) is 0 Å². The first-order valence-electron chi connectivity index (χ1n) is 6.50. The van der Waals surface area contributed by atoms with E-state index in [1.807, 2.05) is 7.05 Å². The summed E-state index contributed by atoms with van der Waals surface area (Å²) in [5.41, 5.74) is 0. The lowest BCUT2D eigenvalue weighted by molar-refractivity contribution is 0.347. The van der Waals surface area contributed by atoms with E-state index in [2.05, 4.69) is 26.7 Å². The molecule has 0 saturated heterocycles. The van der Waals surface area contributed by atoms with Crippen LogP contribution in [0.1, 0.15) is 25.7 Å². The monoisotopic (exact) mass is 279 g/mol. The smallest absolute Gasteiger partial charge is 0.225 e. The molecule has 102 valence electrons. The molecule has 1 N–H and O–H groups in total. The molecule has 0 unspecified atom stereocenters. The van der Waals surface area contributed by atoms with Gasteiger partial charge in [0.05, 0.1) is 17.4 Å². The average molecular weight is 280 g/mol. The summed E-state index contributed by atoms with van der Waals surface area (Å²) in [6.07, 6.45) is 7.53. The van der Waals surface area contributed by atoms with Gasteiger partial charge in [-0.15, -0.1) is 0 Å². The molecule has 1 aliphatic rings. The number of nitrogens with zero attached hydrogens (tertiary/aromatic N) is 3. The van der Waals surface area contributed by atoms with Gasteiger partial charge in [-0.3, -0.25) is 0 Å². The Morgan fingerprint density at radius 2 is 1.95 bits per heavy atom. The van der Waals surface area contributed by atoms with Crippen molar-refractivity contribution in [3.63, 3.8) is 0 Å². The number of aliphatic hydroxyl groups excluding tert-OH is 1. The fraction of sp³-hybridized carbons (Fsp3) is 0.571. The van der Waals surface area contributed by atoms with Crippen molar-refractivity contribution < 1.29 is 5.11 Å². The van der Waals surface area contributed by atoms with E-state index in [9.17, 15) is 0 Å². The maximum Gasteiger partial charge on any atom is 0.225 e. The summed E-state index contributed by atoms with van der Waals surface area (Å²) >= 11 is 5.79. The predicted molar refractivity (Wildman–Crippen MR) is 76.1 cm³/mol. The molecule has 1 saturated carbocycles. The van der Waals surface area contributed by atoms with Gasteiger partial charge in [-0.2, -0.15) is 0 Å². The van der Waals surface area contributed by atoms with Crippen LogP contribution in [0.25, 0.3) is 0 Å². The molecule has 2 rings (SSSR count). The average Bonchev–Trinajstić information content (AvgIpc) is 2.46. The minimum absolute atomic E-state index is 0.0432. The van der Waals surface area contributed by atoms with Crippen LogP contribution < -0.4 is 4.90 Å². The lowest BCUT2D eigenvalue weighted by Crippen LogP contribution is -2.36. The fourth-order valence-electron chi connectivity index (χ4n) is 2.45. The van der Waals surface area contributed by atoms with Crippen molar-refractivity contribution in [1.82, 2.24) is 9.97 Å². The van der Waals surface area contributed by atoms with Crippen LogP contribution in [0.15, 0.2) is 12.4 Å². The van der Waals surface area contributed by atoms with E-state index in [0.29, 0.717) is 22.9 Å². The maximum atomic E-state index is 8.70. The third kappa shape index (κ3) is 3.82. The van der Waals surface area contributed by atoms with E-state index in [0.717, 1.165) is 25.7 Å². The largest absolute Gasteiger partial charge is 0.384 e. The highest BCUT2D eigenvalue weighted by molar-refractivity contribution is 6.30. The van der Waals surface area contributed by atoms with Gasteiger partial charge >= 0.3 is 0 Å². The first-order chi connectivity index (χ1) is 9.20. The molecule has 1 aromatic rings. The molecule has 0 aliphatic heterocycles. The second kappa shape index (κ2) is 6.74. The summed E-state index contributed by atoms with van der Waals surface area (Å²) in [7, 11) is 2.02. The van der Waals surface area contributed by atoms with Crippen molar-refractivity contribution in [1.29, 1.82) is 0 Å². The highest BCUT2D eigenvalue weighted by atomic mass is 35.5. The van der Waals surface area contributed by atoms with E-state index in [4.69, 9.17) is 16.7 Å². The van der Waals surface area contributed by atoms with Gasteiger partial charge in [0.2, 0.25) is 5.95 Å². The van der Waals surface area contributed by atoms with Gasteiger partial charge in [0.1, 0.15) is 6.61 Å². The number of hydrogen-bond donors (Lipinski definition) is 1. The maximum absolute atomic E-state index is 8.70. The van der Waals surface area contributed by atoms with E-state index in [1.54, 1.807) is 12.4 Å². The Morgan fingerprint density at radius 3 is 2.53 bits per heavy atom. The zero-order valence-electron chi connectivity index (χ0n) is 11.0. The summed E-state index contributed by atoms with van der Waals surface area (Å²) in [6, 6.07) is 0.452. The normalized spacial score (nSPS) is 22.5. The van der Waals surface area contributed by atoms with E-state index in [-0.39, 0.29) is 6.61 Å². The highest BCUT2D eigenvalue weighted by Gasteiger charge is 2.24. The van der Waals surface area contributed by atoms with Crippen molar-refractivity contribution >= 4 is 17.5 Å². The Hall–Kier alpha value is -1.31. The third-order valence-corrected chi connectivity index (χ3v) is 3.75. The Bertz CT molecular complexity index is 458. The standard InChI is InChI=1S/C14H18ClN3O/c1-18(14-16-9-12(15)10-17-14)13-6-4-11(5-7-13)3-2-8-19/h9-11,13,19H,4-8H2,1H3/t11-,13-. The van der Waals surface area contributed by atoms with Crippen LogP contribution in [0, 0.1) is 17.8 Å². The summed E-state index contributed by atoms with van der Waals surface area (Å²) in [5, 5.41) is 9.25. The highest BCUT2D eigenvalue weighted by Crippen LogP contribution is 2.28. The van der Waals surface area contributed by atoms with Gasteiger partial charge in [-0.05, 0) is 25.7 Å². The molecule has 0 amide bonds. The lowest BCUT2D eigenvalue weighted by atomic mass is 9.86. The zero-order valence-corrected chi connectivity index (χ0v) is 11.8. The van der Waals surface area contributed by atoms with Gasteiger partial charge < -0.3 is 10.0 Å². The topological polar surface area (TPSA) is 49.2 Å². The Kier molecular flexibility index (Phi) is 5.00. The molecule has 1 fully saturated rings. The molecular weight excluding hydrogens is 262 g/mol. The summed E-state index contributed by atoms with van der Waals surface area (Å²) < 4.78 is 0. The van der Waals surface area contributed by atoms with Crippen molar-refractivity contribution in [2.75, 3.05) is 18.6 Å². The first kappa shape index (κ1) is 14.1. The van der Waals surface area contributed by atoms with Gasteiger partial charge in [0.15, 0.2) is 0 Å². The molecule has 0 radical (unpaired) electrons. The van der Waals surface area contributed by atoms with Crippen LogP contribution in [0.3, 0.4) is 0 Å². The molecule has 0 aromatic carbocycles. The molecule has 4 nitrogen and oxygen atoms in total. The van der Waals surface area contributed by atoms with Crippen LogP contribution in [-0.2, 0) is 0 Å². The molecule has 0 atom stereocenters. The van der Waals surface area contributed by atoms with Crippen molar-refractivity contribution in [2.24, 2.45) is 5.92 Å². The number of aromatic nitrogens is 2. The van der Waals surface area contributed by atoms with Crippen molar-refractivity contribution in [3.05, 3.63) is 17.4 Å². The second-order valence-corrected chi connectivity index (χ2v) is 5.23. The van der Waals surface area contributed by atoms with Crippen LogP contribution in [0.4, 0.5) is 5.95 Å². The van der Waals surface area contributed by atoms with Gasteiger partial charge in [-0.1, -0.05) is 23.4 Å². The fourth-order valence-corrected chi connectivity index (χ4v) is 2.55. The Morgan fingerprint density at radius 1 is 1.32 bits per heavy atom. The predicted octanol–water partition coefficient (Wildman–Crippen LogP) is 2.12. The first-order valence-corrected chi connectivity index (χ1v) is 6.88. The summed E-state index contributed by atoms with van der Waals surface area (Å²) in [6.45, 7) is -0.0432. The zero-order chi connectivity index (χ0) is 13.7. The molecule has 19 heavy (non-hydrogen) atoms. The second-order valence-electron chi connectivity index (χ2n) is 4.80. The number of hydrogen-bond acceptors (Lipinski definition) is 4. The quantitative estimate of drug-likeness (QED) is 0.843. The van der Waals surface area contributed by atoms with Crippen LogP contribution in [0.5, 0.6) is 0 Å². The number of aliphatic hydroxyl groups is 1. The molecular formula is C14H18ClN3O. The lowest BCUT2D eigenvalue weighted by Gasteiger charge is -2.33. The van der Waals surface area contributed by atoms with Gasteiger partial charge in [-0.25, -0.2) is 9.97 Å². The SMILES string of the molecule is CN(c1ncc(Cl)cn1)[C@H]1CC[C@H](C#CCO)CC1. The Labute approximate surface area is 118 Å². The molecule has 0 bridgehead atoms. The minimum atomic E-state index is -0.0432. The van der Waals surface area contributed by atoms with Gasteiger partial charge in [0, 0.05) is 19.0 Å². The van der Waals surface area contributed by atoms with Crippen molar-refractivity contribution in [2.45, 2.75) is 31.7 Å². The summed E-state index contributed by atoms with van der Waals surface area (Å²) in [5.74, 6) is 7.00. The van der Waals surface area contributed by atoms with Crippen LogP contribution >= 0.6 is 11.6 Å². The van der Waals surface area contributed by atoms with E-state index >= 15 is 0 Å². The molecule has 1 aliphatic carbocycles.